The first-order valence-corrected chi connectivity index (χ1v) is 7.85. The van der Waals surface area contributed by atoms with Gasteiger partial charge in [0.25, 0.3) is 0 Å². The summed E-state index contributed by atoms with van der Waals surface area (Å²) in [6.07, 6.45) is 0. The van der Waals surface area contributed by atoms with E-state index in [1.54, 1.807) is 23.5 Å². The Morgan fingerprint density at radius 3 is 1.72 bits per heavy atom. The van der Waals surface area contributed by atoms with E-state index in [2.05, 4.69) is 62.4 Å². The Bertz CT molecular complexity index is 505. The van der Waals surface area contributed by atoms with Gasteiger partial charge in [-0.3, -0.25) is 0 Å². The molecule has 0 saturated carbocycles. The van der Waals surface area contributed by atoms with E-state index in [9.17, 15) is 0 Å². The van der Waals surface area contributed by atoms with Crippen LogP contribution in [-0.4, -0.2) is 11.5 Å². The standard InChI is InChI=1S/C16H18S2/c1-13-3-7-15(8-4-13)17-11-12-18-16-9-5-14(2)6-10-16/h3-10H,11-12H2,1-2H3/i11D. The molecule has 0 fully saturated rings. The van der Waals surface area contributed by atoms with E-state index in [1.807, 2.05) is 0 Å². The van der Waals surface area contributed by atoms with Gasteiger partial charge in [0.1, 0.15) is 0 Å². The van der Waals surface area contributed by atoms with Crippen molar-refractivity contribution >= 4 is 23.5 Å². The summed E-state index contributed by atoms with van der Waals surface area (Å²) in [7, 11) is 0. The molecule has 94 valence electrons. The molecule has 0 aliphatic rings. The van der Waals surface area contributed by atoms with E-state index in [-0.39, 0.29) is 5.73 Å². The van der Waals surface area contributed by atoms with Gasteiger partial charge in [0, 0.05) is 22.6 Å². The van der Waals surface area contributed by atoms with E-state index in [1.165, 1.54) is 20.9 Å². The lowest BCUT2D eigenvalue weighted by Gasteiger charge is -2.03. The van der Waals surface area contributed by atoms with Gasteiger partial charge in [0.05, 0.1) is 0 Å². The van der Waals surface area contributed by atoms with Crippen molar-refractivity contribution in [2.24, 2.45) is 0 Å². The van der Waals surface area contributed by atoms with Crippen molar-refractivity contribution in [3.63, 3.8) is 0 Å². The van der Waals surface area contributed by atoms with Gasteiger partial charge in [-0.1, -0.05) is 35.4 Å². The van der Waals surface area contributed by atoms with Crippen molar-refractivity contribution in [1.82, 2.24) is 0 Å². The highest BCUT2D eigenvalue weighted by molar-refractivity contribution is 8.03. The number of thioether (sulfide) groups is 2. The maximum Gasteiger partial charge on any atom is 0.0393 e. The van der Waals surface area contributed by atoms with Crippen LogP contribution < -0.4 is 0 Å². The average Bonchev–Trinajstić information content (AvgIpc) is 2.41. The fourth-order valence-electron chi connectivity index (χ4n) is 1.51. The summed E-state index contributed by atoms with van der Waals surface area (Å²) >= 11 is 3.37. The molecule has 2 aromatic rings. The molecule has 0 nitrogen and oxygen atoms in total. The molecular formula is C16H18S2. The minimum atomic E-state index is -0.131. The van der Waals surface area contributed by atoms with Crippen molar-refractivity contribution in [3.05, 3.63) is 59.7 Å². The molecule has 1 unspecified atom stereocenters. The van der Waals surface area contributed by atoms with Gasteiger partial charge in [0.2, 0.25) is 0 Å². The van der Waals surface area contributed by atoms with Crippen molar-refractivity contribution in [2.75, 3.05) is 11.5 Å². The quantitative estimate of drug-likeness (QED) is 0.689. The van der Waals surface area contributed by atoms with Gasteiger partial charge >= 0.3 is 0 Å². The second-order valence-corrected chi connectivity index (χ2v) is 6.36. The Balaban J connectivity index is 1.82. The zero-order valence-electron chi connectivity index (χ0n) is 11.7. The first kappa shape index (κ1) is 12.2. The maximum absolute atomic E-state index is 8.10. The summed E-state index contributed by atoms with van der Waals surface area (Å²) in [5.74, 6) is 0.807. The fourth-order valence-corrected chi connectivity index (χ4v) is 3.06. The van der Waals surface area contributed by atoms with Gasteiger partial charge in [-0.15, -0.1) is 23.5 Å². The van der Waals surface area contributed by atoms with E-state index in [0.29, 0.717) is 0 Å². The lowest BCUT2D eigenvalue weighted by atomic mass is 10.2. The zero-order valence-corrected chi connectivity index (χ0v) is 12.4. The Kier molecular flexibility index (Phi) is 4.68. The minimum Gasteiger partial charge on any atom is -0.125 e. The Labute approximate surface area is 120 Å². The van der Waals surface area contributed by atoms with Gasteiger partial charge < -0.3 is 0 Å². The second-order valence-electron chi connectivity index (χ2n) is 4.22. The molecule has 0 N–H and O–H groups in total. The van der Waals surface area contributed by atoms with Crippen LogP contribution in [0.15, 0.2) is 58.3 Å². The number of hydrogen-bond donors (Lipinski definition) is 0. The van der Waals surface area contributed by atoms with Crippen LogP contribution in [0.5, 0.6) is 0 Å². The summed E-state index contributed by atoms with van der Waals surface area (Å²) in [6, 6.07) is 16.9. The topological polar surface area (TPSA) is 0 Å². The van der Waals surface area contributed by atoms with Crippen molar-refractivity contribution in [2.45, 2.75) is 23.6 Å². The molecule has 0 aliphatic carbocycles. The molecule has 0 amide bonds. The molecule has 2 aromatic carbocycles. The van der Waals surface area contributed by atoms with Crippen molar-refractivity contribution in [1.29, 1.82) is 0 Å². The molecule has 2 heteroatoms. The SMILES string of the molecule is [2H]C(CSc1ccc(C)cc1)Sc1ccc(C)cc1. The first-order valence-electron chi connectivity index (χ1n) is 6.56. The van der Waals surface area contributed by atoms with E-state index in [4.69, 9.17) is 1.37 Å². The molecule has 1 atom stereocenters. The number of aryl methyl sites for hydroxylation is 2. The summed E-state index contributed by atoms with van der Waals surface area (Å²) in [5.41, 5.74) is 2.41. The van der Waals surface area contributed by atoms with Crippen LogP contribution in [0.2, 0.25) is 0 Å². The molecule has 0 aromatic heterocycles. The van der Waals surface area contributed by atoms with Gasteiger partial charge in [-0.2, -0.15) is 0 Å². The largest absolute Gasteiger partial charge is 0.125 e. The van der Waals surface area contributed by atoms with E-state index in [0.717, 1.165) is 5.75 Å². The third-order valence-corrected chi connectivity index (χ3v) is 4.61. The van der Waals surface area contributed by atoms with Crippen molar-refractivity contribution in [3.8, 4) is 0 Å². The third kappa shape index (κ3) is 4.43. The molecule has 0 bridgehead atoms. The molecular weight excluding hydrogens is 256 g/mol. The summed E-state index contributed by atoms with van der Waals surface area (Å²) in [4.78, 5) is 2.42. The predicted octanol–water partition coefficient (Wildman–Crippen LogP) is 5.19. The molecule has 2 rings (SSSR count). The van der Waals surface area contributed by atoms with Gasteiger partial charge in [0.15, 0.2) is 0 Å². The smallest absolute Gasteiger partial charge is 0.0393 e. The van der Waals surface area contributed by atoms with Crippen molar-refractivity contribution < 1.29 is 1.37 Å². The van der Waals surface area contributed by atoms with Crippen LogP contribution in [-0.2, 0) is 0 Å². The van der Waals surface area contributed by atoms with E-state index < -0.39 is 0 Å². The normalized spacial score (nSPS) is 13.1. The van der Waals surface area contributed by atoms with E-state index >= 15 is 0 Å². The number of benzene rings is 2. The number of hydrogen-bond acceptors (Lipinski definition) is 2. The maximum atomic E-state index is 8.10. The third-order valence-electron chi connectivity index (χ3n) is 2.58. The van der Waals surface area contributed by atoms with Crippen LogP contribution in [0.4, 0.5) is 0 Å². The second kappa shape index (κ2) is 6.91. The Morgan fingerprint density at radius 2 is 1.22 bits per heavy atom. The molecule has 0 saturated heterocycles. The highest BCUT2D eigenvalue weighted by atomic mass is 32.2. The summed E-state index contributed by atoms with van der Waals surface area (Å²) < 4.78 is 8.10. The average molecular weight is 275 g/mol. The van der Waals surface area contributed by atoms with Gasteiger partial charge in [-0.05, 0) is 38.1 Å². The zero-order chi connectivity index (χ0) is 13.7. The highest BCUT2D eigenvalue weighted by Crippen LogP contribution is 2.23. The predicted molar refractivity (Wildman–Crippen MR) is 83.8 cm³/mol. The van der Waals surface area contributed by atoms with Gasteiger partial charge in [-0.25, -0.2) is 0 Å². The van der Waals surface area contributed by atoms with Crippen LogP contribution in [0.3, 0.4) is 0 Å². The molecule has 0 heterocycles. The lowest BCUT2D eigenvalue weighted by molar-refractivity contribution is 1.36. The molecule has 0 radical (unpaired) electrons. The summed E-state index contributed by atoms with van der Waals surface area (Å²) in [6.45, 7) is 4.18. The first-order chi connectivity index (χ1) is 9.13. The summed E-state index contributed by atoms with van der Waals surface area (Å²) in [5, 5.41) is 0. The van der Waals surface area contributed by atoms with Crippen LogP contribution in [0.25, 0.3) is 0 Å². The van der Waals surface area contributed by atoms with Crippen LogP contribution in [0.1, 0.15) is 12.5 Å². The van der Waals surface area contributed by atoms with Crippen LogP contribution in [0, 0.1) is 13.8 Å². The van der Waals surface area contributed by atoms with Crippen LogP contribution >= 0.6 is 23.5 Å². The molecule has 0 aliphatic heterocycles. The monoisotopic (exact) mass is 275 g/mol. The Morgan fingerprint density at radius 1 is 0.778 bits per heavy atom. The Hall–Kier alpha value is -0.860. The minimum absolute atomic E-state index is 0.131. The number of rotatable bonds is 5. The fraction of sp³-hybridized carbons (Fsp3) is 0.250. The lowest BCUT2D eigenvalue weighted by Crippen LogP contribution is -1.84. The molecule has 18 heavy (non-hydrogen) atoms. The molecule has 0 spiro atoms. The highest BCUT2D eigenvalue weighted by Gasteiger charge is 1.96.